The van der Waals surface area contributed by atoms with Crippen LogP contribution in [0, 0.1) is 25.7 Å². The normalized spacial score (nSPS) is 10.9. The molecular weight excluding hydrogens is 542 g/mol. The van der Waals surface area contributed by atoms with Crippen molar-refractivity contribution in [2.24, 2.45) is 0 Å². The van der Waals surface area contributed by atoms with Crippen molar-refractivity contribution in [2.45, 2.75) is 91.9 Å². The third-order valence-electron chi connectivity index (χ3n) is 8.21. The maximum atomic E-state index is 4.38. The van der Waals surface area contributed by atoms with Gasteiger partial charge in [-0.25, -0.2) is 0 Å². The Kier molecular flexibility index (Phi) is 14.5. The lowest BCUT2D eigenvalue weighted by molar-refractivity contribution is 0.330. The Morgan fingerprint density at radius 3 is 2.02 bits per heavy atom. The zero-order valence-electron chi connectivity index (χ0n) is 28.5. The SMILES string of the molecule is C=C(CCC(CCC)(CCC)c1ccc(-c2cccc(C#CC)c2)cc1)Nc1cc(C)cc(C)c1.CC/C=C/c1ccccc1. The van der Waals surface area contributed by atoms with Crippen LogP contribution in [0.25, 0.3) is 17.2 Å². The fourth-order valence-electron chi connectivity index (χ4n) is 6.22. The summed E-state index contributed by atoms with van der Waals surface area (Å²) >= 11 is 0. The monoisotopic (exact) mass is 595 g/mol. The van der Waals surface area contributed by atoms with Crippen LogP contribution in [0.2, 0.25) is 0 Å². The van der Waals surface area contributed by atoms with E-state index in [2.05, 4.69) is 162 Å². The minimum Gasteiger partial charge on any atom is -0.359 e. The van der Waals surface area contributed by atoms with Gasteiger partial charge in [-0.1, -0.05) is 131 Å². The number of rotatable bonds is 13. The summed E-state index contributed by atoms with van der Waals surface area (Å²) in [5.74, 6) is 6.17. The van der Waals surface area contributed by atoms with Gasteiger partial charge < -0.3 is 5.32 Å². The van der Waals surface area contributed by atoms with Crippen LogP contribution >= 0.6 is 0 Å². The Balaban J connectivity index is 0.000000468. The molecule has 234 valence electrons. The first-order valence-corrected chi connectivity index (χ1v) is 16.7. The summed E-state index contributed by atoms with van der Waals surface area (Å²) in [6, 6.07) is 34.8. The molecule has 0 heterocycles. The molecule has 0 saturated carbocycles. The van der Waals surface area contributed by atoms with Crippen LogP contribution in [0.15, 0.2) is 115 Å². The molecular formula is C44H53N. The highest BCUT2D eigenvalue weighted by Gasteiger charge is 2.30. The average Bonchev–Trinajstić information content (AvgIpc) is 3.03. The van der Waals surface area contributed by atoms with E-state index in [0.717, 1.165) is 36.2 Å². The van der Waals surface area contributed by atoms with Crippen LogP contribution < -0.4 is 5.32 Å². The lowest BCUT2D eigenvalue weighted by Gasteiger charge is -2.35. The first kappa shape index (κ1) is 35.2. The van der Waals surface area contributed by atoms with Crippen molar-refractivity contribution in [3.63, 3.8) is 0 Å². The van der Waals surface area contributed by atoms with E-state index in [1.165, 1.54) is 59.1 Å². The molecule has 0 aromatic heterocycles. The topological polar surface area (TPSA) is 12.0 Å². The van der Waals surface area contributed by atoms with Crippen LogP contribution in [0.3, 0.4) is 0 Å². The fraction of sp³-hybridized carbons (Fsp3) is 0.318. The Morgan fingerprint density at radius 2 is 1.42 bits per heavy atom. The molecule has 0 amide bonds. The molecule has 4 aromatic rings. The quantitative estimate of drug-likeness (QED) is 0.152. The van der Waals surface area contributed by atoms with Crippen LogP contribution in [-0.4, -0.2) is 0 Å². The first-order chi connectivity index (χ1) is 21.8. The van der Waals surface area contributed by atoms with E-state index in [9.17, 15) is 0 Å². The van der Waals surface area contributed by atoms with Crippen molar-refractivity contribution < 1.29 is 0 Å². The second kappa shape index (κ2) is 18.5. The van der Waals surface area contributed by atoms with Crippen molar-refractivity contribution in [3.05, 3.63) is 143 Å². The fourth-order valence-corrected chi connectivity index (χ4v) is 6.22. The number of allylic oxidation sites excluding steroid dienone is 2. The minimum atomic E-state index is 0.171. The molecule has 1 heteroatoms. The average molecular weight is 596 g/mol. The largest absolute Gasteiger partial charge is 0.359 e. The van der Waals surface area contributed by atoms with Gasteiger partial charge in [-0.05, 0) is 116 Å². The molecule has 0 aliphatic heterocycles. The van der Waals surface area contributed by atoms with Crippen molar-refractivity contribution in [1.82, 2.24) is 0 Å². The Bertz CT molecular complexity index is 1530. The summed E-state index contributed by atoms with van der Waals surface area (Å²) < 4.78 is 0. The zero-order valence-corrected chi connectivity index (χ0v) is 28.5. The molecule has 1 nitrogen and oxygen atoms in total. The van der Waals surface area contributed by atoms with Gasteiger partial charge in [0.1, 0.15) is 0 Å². The van der Waals surface area contributed by atoms with Crippen LogP contribution in [0.4, 0.5) is 5.69 Å². The molecule has 4 aromatic carbocycles. The highest BCUT2D eigenvalue weighted by Crippen LogP contribution is 2.40. The summed E-state index contributed by atoms with van der Waals surface area (Å²) in [5.41, 5.74) is 11.2. The number of benzene rings is 4. The number of aryl methyl sites for hydroxylation is 2. The van der Waals surface area contributed by atoms with E-state index in [1.807, 2.05) is 13.0 Å². The molecule has 45 heavy (non-hydrogen) atoms. The van der Waals surface area contributed by atoms with Gasteiger partial charge in [0, 0.05) is 16.9 Å². The summed E-state index contributed by atoms with van der Waals surface area (Å²) in [6.07, 6.45) is 12.2. The van der Waals surface area contributed by atoms with Crippen molar-refractivity contribution in [2.75, 3.05) is 5.32 Å². The molecule has 0 spiro atoms. The van der Waals surface area contributed by atoms with Crippen LogP contribution in [0.5, 0.6) is 0 Å². The molecule has 0 bridgehead atoms. The second-order valence-corrected chi connectivity index (χ2v) is 12.1. The second-order valence-electron chi connectivity index (χ2n) is 12.1. The zero-order chi connectivity index (χ0) is 32.5. The van der Waals surface area contributed by atoms with Gasteiger partial charge in [0.2, 0.25) is 0 Å². The van der Waals surface area contributed by atoms with Gasteiger partial charge in [-0.2, -0.15) is 0 Å². The number of hydrogen-bond donors (Lipinski definition) is 1. The molecule has 0 atom stereocenters. The standard InChI is InChI=1S/C34H41N.C10H12/c1-7-11-29-12-10-13-31(25-29)30-14-16-32(17-15-30)34(19-8-2,20-9-3)21-18-28(6)35-33-23-26(4)22-27(5)24-33;1-2-3-7-10-8-5-4-6-9-10/h10,12-17,22-25,35H,6,8-9,18-21H2,1-5H3;3-9H,2H2,1H3/b;7-3+. The van der Waals surface area contributed by atoms with Crippen LogP contribution in [-0.2, 0) is 5.41 Å². The molecule has 1 N–H and O–H groups in total. The van der Waals surface area contributed by atoms with E-state index in [1.54, 1.807) is 0 Å². The van der Waals surface area contributed by atoms with Crippen molar-refractivity contribution >= 4 is 11.8 Å². The molecule has 0 radical (unpaired) electrons. The molecule has 0 saturated heterocycles. The predicted molar refractivity (Wildman–Crippen MR) is 200 cm³/mol. The molecule has 0 aliphatic rings. The number of nitrogens with one attached hydrogen (secondary N) is 1. The Labute approximate surface area is 274 Å². The van der Waals surface area contributed by atoms with E-state index < -0.39 is 0 Å². The Morgan fingerprint density at radius 1 is 0.756 bits per heavy atom. The first-order valence-electron chi connectivity index (χ1n) is 16.7. The summed E-state index contributed by atoms with van der Waals surface area (Å²) in [7, 11) is 0. The van der Waals surface area contributed by atoms with Crippen molar-refractivity contribution in [1.29, 1.82) is 0 Å². The van der Waals surface area contributed by atoms with Crippen molar-refractivity contribution in [3.8, 4) is 23.0 Å². The molecule has 0 fully saturated rings. The van der Waals surface area contributed by atoms with E-state index in [4.69, 9.17) is 0 Å². The lowest BCUT2D eigenvalue weighted by atomic mass is 9.70. The van der Waals surface area contributed by atoms with E-state index >= 15 is 0 Å². The molecule has 0 unspecified atom stereocenters. The highest BCUT2D eigenvalue weighted by atomic mass is 14.9. The Hall–Kier alpha value is -4.28. The van der Waals surface area contributed by atoms with Crippen LogP contribution in [0.1, 0.15) is 100 Å². The van der Waals surface area contributed by atoms with Gasteiger partial charge >= 0.3 is 0 Å². The lowest BCUT2D eigenvalue weighted by Crippen LogP contribution is -2.26. The summed E-state index contributed by atoms with van der Waals surface area (Å²) in [5, 5.41) is 3.57. The summed E-state index contributed by atoms with van der Waals surface area (Å²) in [4.78, 5) is 0. The summed E-state index contributed by atoms with van der Waals surface area (Å²) in [6.45, 7) is 17.3. The third-order valence-corrected chi connectivity index (χ3v) is 8.21. The van der Waals surface area contributed by atoms with Gasteiger partial charge in [-0.3, -0.25) is 0 Å². The third kappa shape index (κ3) is 11.3. The maximum Gasteiger partial charge on any atom is 0.0386 e. The van der Waals surface area contributed by atoms with Gasteiger partial charge in [0.25, 0.3) is 0 Å². The maximum absolute atomic E-state index is 4.38. The minimum absolute atomic E-state index is 0.171. The number of anilines is 1. The van der Waals surface area contributed by atoms with E-state index in [0.29, 0.717) is 0 Å². The predicted octanol–water partition coefficient (Wildman–Crippen LogP) is 12.7. The molecule has 4 rings (SSSR count). The van der Waals surface area contributed by atoms with Gasteiger partial charge in [0.05, 0.1) is 0 Å². The molecule has 0 aliphatic carbocycles. The van der Waals surface area contributed by atoms with Gasteiger partial charge in [0.15, 0.2) is 0 Å². The highest BCUT2D eigenvalue weighted by molar-refractivity contribution is 5.66. The number of hydrogen-bond acceptors (Lipinski definition) is 1. The smallest absolute Gasteiger partial charge is 0.0386 e. The van der Waals surface area contributed by atoms with E-state index in [-0.39, 0.29) is 5.41 Å². The van der Waals surface area contributed by atoms with Gasteiger partial charge in [-0.15, -0.1) is 5.92 Å².